The van der Waals surface area contributed by atoms with E-state index in [2.05, 4.69) is 14.9 Å². The van der Waals surface area contributed by atoms with Crippen LogP contribution in [0.2, 0.25) is 0 Å². The second-order valence-corrected chi connectivity index (χ2v) is 5.37. The van der Waals surface area contributed by atoms with Gasteiger partial charge >= 0.3 is 0 Å². The molecule has 1 aliphatic rings. The van der Waals surface area contributed by atoms with Gasteiger partial charge in [0, 0.05) is 45.5 Å². The molecule has 0 radical (unpaired) electrons. The maximum absolute atomic E-state index is 10.1. The number of aromatic nitrogens is 2. The van der Waals surface area contributed by atoms with Crippen molar-refractivity contribution in [3.05, 3.63) is 18.2 Å². The van der Waals surface area contributed by atoms with E-state index in [1.54, 1.807) is 7.11 Å². The highest BCUT2D eigenvalue weighted by molar-refractivity contribution is 5.03. The van der Waals surface area contributed by atoms with Crippen molar-refractivity contribution in [3.63, 3.8) is 0 Å². The summed E-state index contributed by atoms with van der Waals surface area (Å²) >= 11 is 0. The van der Waals surface area contributed by atoms with E-state index in [4.69, 9.17) is 4.74 Å². The molecule has 5 nitrogen and oxygen atoms in total. The van der Waals surface area contributed by atoms with Crippen LogP contribution in [-0.2, 0) is 11.3 Å². The van der Waals surface area contributed by atoms with Gasteiger partial charge in [0.2, 0.25) is 0 Å². The molecule has 1 atom stereocenters. The van der Waals surface area contributed by atoms with Crippen LogP contribution in [0.4, 0.5) is 0 Å². The third kappa shape index (κ3) is 3.80. The molecule has 1 unspecified atom stereocenters. The summed E-state index contributed by atoms with van der Waals surface area (Å²) in [7, 11) is 1.65. The van der Waals surface area contributed by atoms with Gasteiger partial charge in [0.05, 0.1) is 17.6 Å². The van der Waals surface area contributed by atoms with Crippen LogP contribution in [0, 0.1) is 0 Å². The first-order valence-corrected chi connectivity index (χ1v) is 6.55. The summed E-state index contributed by atoms with van der Waals surface area (Å²) in [5.74, 6) is 0. The van der Waals surface area contributed by atoms with Crippen LogP contribution in [0.5, 0.6) is 0 Å². The van der Waals surface area contributed by atoms with Crippen molar-refractivity contribution in [2.24, 2.45) is 0 Å². The number of aliphatic hydroxyl groups is 1. The molecule has 2 rings (SSSR count). The van der Waals surface area contributed by atoms with Gasteiger partial charge in [-0.2, -0.15) is 0 Å². The topological polar surface area (TPSA) is 59.3 Å². The van der Waals surface area contributed by atoms with E-state index in [9.17, 15) is 5.11 Å². The summed E-state index contributed by atoms with van der Waals surface area (Å²) in [5, 5.41) is 13.4. The van der Waals surface area contributed by atoms with Crippen molar-refractivity contribution in [1.29, 1.82) is 0 Å². The highest BCUT2D eigenvalue weighted by atomic mass is 16.5. The Bertz CT molecular complexity index is 372. The molecule has 1 aliphatic carbocycles. The molecule has 102 valence electrons. The molecule has 1 aromatic rings. The molecular weight excluding hydrogens is 230 g/mol. The van der Waals surface area contributed by atoms with Crippen LogP contribution in [-0.4, -0.2) is 40.5 Å². The standard InChI is InChI=1S/C13H23N3O2/c1-13(17,5-6-18-2)9-14-7-12-8-15-10-16(12)11-3-4-11/h8,10-11,14,17H,3-7,9H2,1-2H3. The molecular formula is C13H23N3O2. The second kappa shape index (κ2) is 5.82. The molecule has 1 aromatic heterocycles. The average Bonchev–Trinajstić information content (AvgIpc) is 3.07. The molecule has 0 bridgehead atoms. The molecule has 5 heteroatoms. The minimum atomic E-state index is -0.722. The third-order valence-corrected chi connectivity index (χ3v) is 3.34. The maximum Gasteiger partial charge on any atom is 0.0951 e. The Morgan fingerprint density at radius 3 is 3.06 bits per heavy atom. The fourth-order valence-corrected chi connectivity index (χ4v) is 2.02. The summed E-state index contributed by atoms with van der Waals surface area (Å²) in [4.78, 5) is 4.19. The maximum atomic E-state index is 10.1. The minimum Gasteiger partial charge on any atom is -0.389 e. The number of nitrogens with zero attached hydrogens (tertiary/aromatic N) is 2. The molecule has 0 aliphatic heterocycles. The van der Waals surface area contributed by atoms with E-state index in [1.807, 2.05) is 19.4 Å². The molecule has 1 heterocycles. The SMILES string of the molecule is COCCC(C)(O)CNCc1cncn1C1CC1. The largest absolute Gasteiger partial charge is 0.389 e. The van der Waals surface area contributed by atoms with Gasteiger partial charge in [-0.1, -0.05) is 0 Å². The van der Waals surface area contributed by atoms with E-state index in [0.29, 0.717) is 25.6 Å². The van der Waals surface area contributed by atoms with Gasteiger partial charge in [-0.15, -0.1) is 0 Å². The summed E-state index contributed by atoms with van der Waals surface area (Å²) in [6.07, 6.45) is 6.95. The molecule has 0 amide bonds. The van der Waals surface area contributed by atoms with Gasteiger partial charge in [0.15, 0.2) is 0 Å². The van der Waals surface area contributed by atoms with Crippen molar-refractivity contribution in [3.8, 4) is 0 Å². The zero-order valence-electron chi connectivity index (χ0n) is 11.2. The number of hydrogen-bond donors (Lipinski definition) is 2. The van der Waals surface area contributed by atoms with Gasteiger partial charge in [-0.05, 0) is 19.8 Å². The third-order valence-electron chi connectivity index (χ3n) is 3.34. The zero-order valence-corrected chi connectivity index (χ0v) is 11.2. The van der Waals surface area contributed by atoms with Crippen LogP contribution < -0.4 is 5.32 Å². The molecule has 1 saturated carbocycles. The summed E-state index contributed by atoms with van der Waals surface area (Å²) in [6, 6.07) is 0.651. The van der Waals surface area contributed by atoms with Crippen molar-refractivity contribution >= 4 is 0 Å². The van der Waals surface area contributed by atoms with Crippen molar-refractivity contribution < 1.29 is 9.84 Å². The Kier molecular flexibility index (Phi) is 4.37. The molecule has 1 fully saturated rings. The quantitative estimate of drug-likeness (QED) is 0.728. The van der Waals surface area contributed by atoms with E-state index >= 15 is 0 Å². The van der Waals surface area contributed by atoms with Gasteiger partial charge in [0.25, 0.3) is 0 Å². The Labute approximate surface area is 108 Å². The predicted molar refractivity (Wildman–Crippen MR) is 69.3 cm³/mol. The Morgan fingerprint density at radius 1 is 1.61 bits per heavy atom. The number of ether oxygens (including phenoxy) is 1. The lowest BCUT2D eigenvalue weighted by atomic mass is 10.0. The van der Waals surface area contributed by atoms with Crippen LogP contribution >= 0.6 is 0 Å². The first-order chi connectivity index (χ1) is 8.62. The zero-order chi connectivity index (χ0) is 13.0. The molecule has 18 heavy (non-hydrogen) atoms. The highest BCUT2D eigenvalue weighted by Crippen LogP contribution is 2.35. The van der Waals surface area contributed by atoms with Crippen molar-refractivity contribution in [1.82, 2.24) is 14.9 Å². The lowest BCUT2D eigenvalue weighted by Crippen LogP contribution is -2.38. The first kappa shape index (κ1) is 13.5. The first-order valence-electron chi connectivity index (χ1n) is 6.55. The van der Waals surface area contributed by atoms with E-state index in [1.165, 1.54) is 18.5 Å². The monoisotopic (exact) mass is 253 g/mol. The van der Waals surface area contributed by atoms with Crippen LogP contribution in [0.1, 0.15) is 37.9 Å². The highest BCUT2D eigenvalue weighted by Gasteiger charge is 2.25. The van der Waals surface area contributed by atoms with Gasteiger partial charge in [-0.3, -0.25) is 0 Å². The second-order valence-electron chi connectivity index (χ2n) is 5.37. The summed E-state index contributed by atoms with van der Waals surface area (Å²) in [6.45, 7) is 3.72. The minimum absolute atomic E-state index is 0.562. The fourth-order valence-electron chi connectivity index (χ4n) is 2.02. The van der Waals surface area contributed by atoms with E-state index < -0.39 is 5.60 Å². The van der Waals surface area contributed by atoms with Crippen LogP contribution in [0.25, 0.3) is 0 Å². The Balaban J connectivity index is 1.75. The number of nitrogens with one attached hydrogen (secondary N) is 1. The normalized spacial score (nSPS) is 18.8. The fraction of sp³-hybridized carbons (Fsp3) is 0.769. The van der Waals surface area contributed by atoms with Crippen molar-refractivity contribution in [2.45, 2.75) is 44.4 Å². The van der Waals surface area contributed by atoms with Crippen molar-refractivity contribution in [2.75, 3.05) is 20.3 Å². The number of hydrogen-bond acceptors (Lipinski definition) is 4. The number of imidazole rings is 1. The number of rotatable bonds is 8. The lowest BCUT2D eigenvalue weighted by Gasteiger charge is -2.23. The van der Waals surface area contributed by atoms with Gasteiger partial charge in [0.1, 0.15) is 0 Å². The Hall–Kier alpha value is -0.910. The number of methoxy groups -OCH3 is 1. The average molecular weight is 253 g/mol. The van der Waals surface area contributed by atoms with Crippen LogP contribution in [0.3, 0.4) is 0 Å². The summed E-state index contributed by atoms with van der Waals surface area (Å²) in [5.41, 5.74) is 0.473. The van der Waals surface area contributed by atoms with Crippen LogP contribution in [0.15, 0.2) is 12.5 Å². The molecule has 2 N–H and O–H groups in total. The molecule has 0 spiro atoms. The van der Waals surface area contributed by atoms with Gasteiger partial charge in [-0.25, -0.2) is 4.98 Å². The smallest absolute Gasteiger partial charge is 0.0951 e. The molecule has 0 saturated heterocycles. The Morgan fingerprint density at radius 2 is 2.39 bits per heavy atom. The molecule has 0 aromatic carbocycles. The van der Waals surface area contributed by atoms with E-state index in [0.717, 1.165) is 6.54 Å². The lowest BCUT2D eigenvalue weighted by molar-refractivity contribution is 0.0246. The van der Waals surface area contributed by atoms with Gasteiger partial charge < -0.3 is 19.7 Å². The summed E-state index contributed by atoms with van der Waals surface area (Å²) < 4.78 is 7.22. The van der Waals surface area contributed by atoms with E-state index in [-0.39, 0.29) is 0 Å². The predicted octanol–water partition coefficient (Wildman–Crippen LogP) is 1.10.